The summed E-state index contributed by atoms with van der Waals surface area (Å²) < 4.78 is 0. The Morgan fingerprint density at radius 3 is 2.54 bits per heavy atom. The lowest BCUT2D eigenvalue weighted by molar-refractivity contribution is 0.0400. The molecular weight excluding hydrogens is 464 g/mol. The number of hydrogen-bond donors (Lipinski definition) is 2. The van der Waals surface area contributed by atoms with Crippen molar-refractivity contribution in [3.8, 4) is 0 Å². The minimum absolute atomic E-state index is 0.0578. The molecule has 4 heterocycles. The first-order valence-corrected chi connectivity index (χ1v) is 13.2. The van der Waals surface area contributed by atoms with Crippen molar-refractivity contribution in [1.82, 2.24) is 24.9 Å². The van der Waals surface area contributed by atoms with Gasteiger partial charge in [-0.15, -0.1) is 0 Å². The zero-order valence-electron chi connectivity index (χ0n) is 21.5. The number of anilines is 1. The van der Waals surface area contributed by atoms with Crippen LogP contribution in [0, 0.1) is 0 Å². The van der Waals surface area contributed by atoms with Crippen molar-refractivity contribution in [3.63, 3.8) is 0 Å². The lowest BCUT2D eigenvalue weighted by Crippen LogP contribution is -2.62. The predicted molar refractivity (Wildman–Crippen MR) is 142 cm³/mol. The number of amides is 3. The lowest BCUT2D eigenvalue weighted by Gasteiger charge is -2.46. The van der Waals surface area contributed by atoms with Crippen molar-refractivity contribution in [3.05, 3.63) is 83.0 Å². The number of rotatable bonds is 4. The van der Waals surface area contributed by atoms with Crippen molar-refractivity contribution in [1.29, 1.82) is 0 Å². The average molecular weight is 499 g/mol. The molecule has 0 spiro atoms. The topological polar surface area (TPSA) is 84.6 Å². The molecule has 37 heavy (non-hydrogen) atoms. The fourth-order valence-electron chi connectivity index (χ4n) is 6.23. The Labute approximate surface area is 217 Å². The van der Waals surface area contributed by atoms with E-state index in [0.29, 0.717) is 24.0 Å². The van der Waals surface area contributed by atoms with Gasteiger partial charge in [0.15, 0.2) is 5.82 Å². The second kappa shape index (κ2) is 9.34. The Bertz CT molecular complexity index is 1290. The van der Waals surface area contributed by atoms with E-state index in [9.17, 15) is 9.59 Å². The molecule has 3 amide bonds. The molecule has 2 fully saturated rings. The first-order valence-electron chi connectivity index (χ1n) is 13.2. The van der Waals surface area contributed by atoms with Crippen LogP contribution in [-0.4, -0.2) is 68.6 Å². The van der Waals surface area contributed by atoms with Crippen LogP contribution in [0.25, 0.3) is 0 Å². The fourth-order valence-corrected chi connectivity index (χ4v) is 6.23. The number of H-pyrrole nitrogens is 1. The molecule has 3 aromatic rings. The summed E-state index contributed by atoms with van der Waals surface area (Å²) in [5.74, 6) is 0.284. The van der Waals surface area contributed by atoms with E-state index in [1.54, 1.807) is 12.1 Å². The van der Waals surface area contributed by atoms with Crippen LogP contribution < -0.4 is 5.32 Å². The third kappa shape index (κ3) is 4.29. The first-order chi connectivity index (χ1) is 17.9. The van der Waals surface area contributed by atoms with Crippen molar-refractivity contribution in [2.45, 2.75) is 57.3 Å². The molecule has 0 aliphatic carbocycles. The van der Waals surface area contributed by atoms with Gasteiger partial charge in [0.1, 0.15) is 0 Å². The number of hydrogen-bond acceptors (Lipinski definition) is 4. The van der Waals surface area contributed by atoms with E-state index >= 15 is 0 Å². The van der Waals surface area contributed by atoms with Gasteiger partial charge >= 0.3 is 6.03 Å². The minimum Gasteiger partial charge on any atom is -0.318 e. The van der Waals surface area contributed by atoms with E-state index in [1.807, 2.05) is 29.2 Å². The summed E-state index contributed by atoms with van der Waals surface area (Å²) in [5, 5.41) is 10.5. The van der Waals surface area contributed by atoms with E-state index < -0.39 is 5.54 Å². The Hall–Kier alpha value is -3.65. The normalized spacial score (nSPS) is 22.5. The van der Waals surface area contributed by atoms with Gasteiger partial charge in [0, 0.05) is 30.3 Å². The molecular formula is C29H34N6O2. The number of carbonyl (C=O) groups is 2. The summed E-state index contributed by atoms with van der Waals surface area (Å²) >= 11 is 0. The van der Waals surface area contributed by atoms with Crippen molar-refractivity contribution in [2.75, 3.05) is 25.0 Å². The average Bonchev–Trinajstić information content (AvgIpc) is 3.60. The van der Waals surface area contributed by atoms with Gasteiger partial charge in [0.2, 0.25) is 0 Å². The summed E-state index contributed by atoms with van der Waals surface area (Å²) in [5.41, 5.74) is 3.01. The summed E-state index contributed by atoms with van der Waals surface area (Å²) in [6, 6.07) is 20.2. The molecule has 1 aromatic heterocycles. The van der Waals surface area contributed by atoms with E-state index in [1.165, 1.54) is 12.0 Å². The third-order valence-corrected chi connectivity index (χ3v) is 8.32. The van der Waals surface area contributed by atoms with Crippen LogP contribution in [0.5, 0.6) is 0 Å². The van der Waals surface area contributed by atoms with E-state index in [-0.39, 0.29) is 18.0 Å². The minimum atomic E-state index is -0.570. The van der Waals surface area contributed by atoms with Crippen LogP contribution in [0.2, 0.25) is 0 Å². The summed E-state index contributed by atoms with van der Waals surface area (Å²) in [6.07, 6.45) is 3.18. The quantitative estimate of drug-likeness (QED) is 0.564. The second-order valence-electron chi connectivity index (χ2n) is 11.0. The van der Waals surface area contributed by atoms with Crippen molar-refractivity contribution in [2.24, 2.45) is 0 Å². The molecule has 192 valence electrons. The molecule has 0 bridgehead atoms. The van der Waals surface area contributed by atoms with Crippen LogP contribution in [0.4, 0.5) is 10.6 Å². The Morgan fingerprint density at radius 2 is 1.78 bits per heavy atom. The van der Waals surface area contributed by atoms with Crippen LogP contribution in [0.3, 0.4) is 0 Å². The molecule has 0 unspecified atom stereocenters. The molecule has 2 saturated heterocycles. The van der Waals surface area contributed by atoms with Gasteiger partial charge in [0.25, 0.3) is 5.91 Å². The van der Waals surface area contributed by atoms with Gasteiger partial charge < -0.3 is 15.1 Å². The van der Waals surface area contributed by atoms with Crippen LogP contribution >= 0.6 is 0 Å². The molecule has 0 radical (unpaired) electrons. The van der Waals surface area contributed by atoms with Crippen LogP contribution in [0.15, 0.2) is 60.7 Å². The Kier molecular flexibility index (Phi) is 5.99. The number of nitrogens with zero attached hydrogens (tertiary/aromatic N) is 4. The number of urea groups is 1. The molecule has 8 heteroatoms. The molecule has 3 aliphatic heterocycles. The molecule has 2 N–H and O–H groups in total. The molecule has 8 nitrogen and oxygen atoms in total. The molecule has 0 saturated carbocycles. The molecule has 2 atom stereocenters. The smallest absolute Gasteiger partial charge is 0.318 e. The number of aromatic nitrogens is 2. The van der Waals surface area contributed by atoms with Crippen molar-refractivity contribution >= 4 is 17.8 Å². The maximum Gasteiger partial charge on any atom is 0.321 e. The monoisotopic (exact) mass is 498 g/mol. The van der Waals surface area contributed by atoms with Gasteiger partial charge in [-0.25, -0.2) is 4.79 Å². The van der Waals surface area contributed by atoms with E-state index in [4.69, 9.17) is 0 Å². The zero-order valence-corrected chi connectivity index (χ0v) is 21.5. The number of benzene rings is 2. The molecule has 2 aromatic carbocycles. The van der Waals surface area contributed by atoms with Gasteiger partial charge in [-0.3, -0.25) is 14.8 Å². The maximum atomic E-state index is 14.2. The maximum absolute atomic E-state index is 14.2. The van der Waals surface area contributed by atoms with Gasteiger partial charge in [0.05, 0.1) is 23.8 Å². The van der Waals surface area contributed by atoms with Gasteiger partial charge in [-0.05, 0) is 57.4 Å². The second-order valence-corrected chi connectivity index (χ2v) is 11.0. The number of piperazine rings is 1. The highest BCUT2D eigenvalue weighted by Gasteiger charge is 2.48. The predicted octanol–water partition coefficient (Wildman–Crippen LogP) is 4.22. The number of fused-ring (bicyclic) bond motifs is 2. The summed E-state index contributed by atoms with van der Waals surface area (Å²) in [6.45, 7) is 7.29. The summed E-state index contributed by atoms with van der Waals surface area (Å²) in [4.78, 5) is 33.7. The van der Waals surface area contributed by atoms with Crippen molar-refractivity contribution < 1.29 is 9.59 Å². The van der Waals surface area contributed by atoms with Gasteiger partial charge in [-0.2, -0.15) is 5.10 Å². The molecule has 6 rings (SSSR count). The highest BCUT2D eigenvalue weighted by atomic mass is 16.2. The van der Waals surface area contributed by atoms with E-state index in [0.717, 1.165) is 43.7 Å². The van der Waals surface area contributed by atoms with Crippen LogP contribution in [0.1, 0.15) is 53.9 Å². The molecule has 3 aliphatic rings. The lowest BCUT2D eigenvalue weighted by atomic mass is 9.99. The highest BCUT2D eigenvalue weighted by molar-refractivity contribution is 6.04. The SMILES string of the molecule is CC1(C)c2[nH]nc(NC(=O)c3ccccc3)c2CN1C(=O)N1C[C@@H]2CCCN2C[C@@H]1Cc1ccccc1. The van der Waals surface area contributed by atoms with E-state index in [2.05, 4.69) is 63.4 Å². The Balaban J connectivity index is 1.24. The number of nitrogens with one attached hydrogen (secondary N) is 2. The number of carbonyl (C=O) groups excluding carboxylic acids is 2. The largest absolute Gasteiger partial charge is 0.321 e. The number of aromatic amines is 1. The standard InChI is InChI=1S/C29H34N6O2/c1-29(2)25-24(26(32-31-25)30-27(36)21-12-7-4-8-13-21)19-35(29)28(37)34-18-22-14-9-15-33(22)17-23(34)16-20-10-5-3-6-11-20/h3-8,10-13,22-23H,9,14-19H2,1-2H3,(H2,30,31,32,36)/t22-,23-/m0/s1. The van der Waals surface area contributed by atoms with Crippen LogP contribution in [-0.2, 0) is 18.5 Å². The van der Waals surface area contributed by atoms with Gasteiger partial charge in [-0.1, -0.05) is 48.5 Å². The summed E-state index contributed by atoms with van der Waals surface area (Å²) in [7, 11) is 0. The zero-order chi connectivity index (χ0) is 25.6. The Morgan fingerprint density at radius 1 is 1.05 bits per heavy atom. The fraction of sp³-hybridized carbons (Fsp3) is 0.414. The third-order valence-electron chi connectivity index (χ3n) is 8.32. The highest BCUT2D eigenvalue weighted by Crippen LogP contribution is 2.42. The first kappa shape index (κ1) is 23.7.